The van der Waals surface area contributed by atoms with Gasteiger partial charge in [-0.1, -0.05) is 0 Å². The molecule has 1 atom stereocenters. The van der Waals surface area contributed by atoms with E-state index in [0.717, 1.165) is 39.3 Å². The summed E-state index contributed by atoms with van der Waals surface area (Å²) in [5.74, 6) is 0. The molecule has 2 saturated heterocycles. The van der Waals surface area contributed by atoms with Crippen molar-refractivity contribution >= 4 is 6.03 Å². The Labute approximate surface area is 108 Å². The van der Waals surface area contributed by atoms with E-state index in [4.69, 9.17) is 4.74 Å². The summed E-state index contributed by atoms with van der Waals surface area (Å²) in [5.41, 5.74) is -0.237. The summed E-state index contributed by atoms with van der Waals surface area (Å²) in [7, 11) is 0. The first kappa shape index (κ1) is 13.6. The van der Waals surface area contributed by atoms with Crippen LogP contribution in [0.4, 0.5) is 4.79 Å². The van der Waals surface area contributed by atoms with Crippen LogP contribution in [0.25, 0.3) is 0 Å². The molecule has 0 aromatic carbocycles. The van der Waals surface area contributed by atoms with Crippen molar-refractivity contribution in [1.29, 1.82) is 0 Å². The van der Waals surface area contributed by atoms with Crippen LogP contribution in [-0.4, -0.2) is 78.5 Å². The topological polar surface area (TPSA) is 65.0 Å². The Hall–Kier alpha value is -0.850. The monoisotopic (exact) mass is 257 g/mol. The van der Waals surface area contributed by atoms with Crippen LogP contribution in [0, 0.1) is 0 Å². The molecule has 2 aliphatic heterocycles. The second-order valence-electron chi connectivity index (χ2n) is 5.64. The maximum atomic E-state index is 11.4. The fourth-order valence-corrected chi connectivity index (χ4v) is 2.67. The average molecular weight is 257 g/mol. The SMILES string of the molecule is CC1(C)CN(CCN2CCNC2=O)CC(CO)O1. The van der Waals surface area contributed by atoms with Crippen LogP contribution in [0.1, 0.15) is 13.8 Å². The van der Waals surface area contributed by atoms with Gasteiger partial charge in [0.1, 0.15) is 0 Å². The number of ether oxygens (including phenoxy) is 1. The van der Waals surface area contributed by atoms with Crippen molar-refractivity contribution < 1.29 is 14.6 Å². The van der Waals surface area contributed by atoms with Crippen molar-refractivity contribution in [2.75, 3.05) is 45.9 Å². The Morgan fingerprint density at radius 3 is 2.89 bits per heavy atom. The molecule has 2 aliphatic rings. The zero-order valence-corrected chi connectivity index (χ0v) is 11.2. The van der Waals surface area contributed by atoms with Crippen molar-refractivity contribution in [3.05, 3.63) is 0 Å². The number of aliphatic hydroxyl groups excluding tert-OH is 1. The molecule has 1 unspecified atom stereocenters. The number of aliphatic hydroxyl groups is 1. The van der Waals surface area contributed by atoms with Gasteiger partial charge in [0.25, 0.3) is 0 Å². The summed E-state index contributed by atoms with van der Waals surface area (Å²) >= 11 is 0. The van der Waals surface area contributed by atoms with E-state index in [2.05, 4.69) is 10.2 Å². The number of rotatable bonds is 4. The standard InChI is InChI=1S/C12H23N3O3/c1-12(2)9-14(7-10(8-16)18-12)5-6-15-4-3-13-11(15)17/h10,16H,3-9H2,1-2H3,(H,13,17). The first-order valence-electron chi connectivity index (χ1n) is 6.54. The minimum Gasteiger partial charge on any atom is -0.394 e. The van der Waals surface area contributed by atoms with Crippen molar-refractivity contribution in [2.45, 2.75) is 25.6 Å². The highest BCUT2D eigenvalue weighted by molar-refractivity contribution is 5.76. The third-order valence-corrected chi connectivity index (χ3v) is 3.39. The Morgan fingerprint density at radius 1 is 1.50 bits per heavy atom. The molecule has 0 saturated carbocycles. The van der Waals surface area contributed by atoms with E-state index in [1.54, 1.807) is 0 Å². The Morgan fingerprint density at radius 2 is 2.28 bits per heavy atom. The van der Waals surface area contributed by atoms with Crippen LogP contribution < -0.4 is 5.32 Å². The molecule has 0 aromatic heterocycles. The van der Waals surface area contributed by atoms with E-state index >= 15 is 0 Å². The predicted octanol–water partition coefficient (Wildman–Crippen LogP) is -0.517. The van der Waals surface area contributed by atoms with Crippen molar-refractivity contribution in [2.24, 2.45) is 0 Å². The predicted molar refractivity (Wildman–Crippen MR) is 67.4 cm³/mol. The molecule has 6 nitrogen and oxygen atoms in total. The maximum Gasteiger partial charge on any atom is 0.317 e. The molecular weight excluding hydrogens is 234 g/mol. The van der Waals surface area contributed by atoms with E-state index in [9.17, 15) is 9.90 Å². The molecule has 0 spiro atoms. The summed E-state index contributed by atoms with van der Waals surface area (Å²) < 4.78 is 5.76. The van der Waals surface area contributed by atoms with E-state index < -0.39 is 0 Å². The fraction of sp³-hybridized carbons (Fsp3) is 0.917. The van der Waals surface area contributed by atoms with Gasteiger partial charge in [0.2, 0.25) is 0 Å². The third-order valence-electron chi connectivity index (χ3n) is 3.39. The van der Waals surface area contributed by atoms with E-state index in [1.807, 2.05) is 18.7 Å². The number of carbonyl (C=O) groups excluding carboxylic acids is 1. The number of amides is 2. The summed E-state index contributed by atoms with van der Waals surface area (Å²) in [6.45, 7) is 8.77. The second kappa shape index (κ2) is 5.42. The largest absolute Gasteiger partial charge is 0.394 e. The first-order chi connectivity index (χ1) is 8.50. The van der Waals surface area contributed by atoms with Crippen LogP contribution in [0.5, 0.6) is 0 Å². The molecule has 0 aromatic rings. The number of hydrogen-bond donors (Lipinski definition) is 2. The smallest absolute Gasteiger partial charge is 0.317 e. The highest BCUT2D eigenvalue weighted by Crippen LogP contribution is 2.20. The summed E-state index contributed by atoms with van der Waals surface area (Å²) in [6.07, 6.45) is -0.124. The van der Waals surface area contributed by atoms with Crippen LogP contribution in [0.2, 0.25) is 0 Å². The molecule has 2 fully saturated rings. The zero-order chi connectivity index (χ0) is 13.2. The van der Waals surface area contributed by atoms with E-state index in [-0.39, 0.29) is 24.3 Å². The zero-order valence-electron chi connectivity index (χ0n) is 11.2. The molecule has 6 heteroatoms. The van der Waals surface area contributed by atoms with Crippen LogP contribution in [-0.2, 0) is 4.74 Å². The lowest BCUT2D eigenvalue weighted by Crippen LogP contribution is -2.55. The maximum absolute atomic E-state index is 11.4. The molecule has 2 amide bonds. The molecule has 0 radical (unpaired) electrons. The third kappa shape index (κ3) is 3.34. The quantitative estimate of drug-likeness (QED) is 0.711. The lowest BCUT2D eigenvalue weighted by Gasteiger charge is -2.42. The van der Waals surface area contributed by atoms with Crippen LogP contribution in [0.15, 0.2) is 0 Å². The highest BCUT2D eigenvalue weighted by Gasteiger charge is 2.33. The molecule has 18 heavy (non-hydrogen) atoms. The second-order valence-corrected chi connectivity index (χ2v) is 5.64. The van der Waals surface area contributed by atoms with Crippen molar-refractivity contribution in [3.63, 3.8) is 0 Å². The molecule has 2 rings (SSSR count). The Kier molecular flexibility index (Phi) is 4.09. The Bertz CT molecular complexity index is 309. The highest BCUT2D eigenvalue weighted by atomic mass is 16.5. The number of nitrogens with zero attached hydrogens (tertiary/aromatic N) is 2. The molecule has 2 N–H and O–H groups in total. The van der Waals surface area contributed by atoms with Gasteiger partial charge >= 0.3 is 6.03 Å². The van der Waals surface area contributed by atoms with Gasteiger partial charge < -0.3 is 20.1 Å². The van der Waals surface area contributed by atoms with Gasteiger partial charge in [-0.25, -0.2) is 4.79 Å². The van der Waals surface area contributed by atoms with Gasteiger partial charge in [-0.2, -0.15) is 0 Å². The number of urea groups is 1. The van der Waals surface area contributed by atoms with E-state index in [0.29, 0.717) is 0 Å². The van der Waals surface area contributed by atoms with Gasteiger partial charge in [0, 0.05) is 39.3 Å². The molecule has 2 heterocycles. The fourth-order valence-electron chi connectivity index (χ4n) is 2.67. The summed E-state index contributed by atoms with van der Waals surface area (Å²) in [6, 6.07) is 0.0289. The number of carbonyl (C=O) groups is 1. The average Bonchev–Trinajstić information content (AvgIpc) is 2.70. The summed E-state index contributed by atoms with van der Waals surface area (Å²) in [4.78, 5) is 15.5. The number of nitrogens with one attached hydrogen (secondary N) is 1. The lowest BCUT2D eigenvalue weighted by molar-refractivity contribution is -0.149. The number of morpholine rings is 1. The molecular formula is C12H23N3O3. The van der Waals surface area contributed by atoms with Crippen molar-refractivity contribution in [1.82, 2.24) is 15.1 Å². The van der Waals surface area contributed by atoms with Gasteiger partial charge in [-0.15, -0.1) is 0 Å². The lowest BCUT2D eigenvalue weighted by atomic mass is 10.1. The van der Waals surface area contributed by atoms with Crippen LogP contribution >= 0.6 is 0 Å². The Balaban J connectivity index is 1.82. The van der Waals surface area contributed by atoms with Crippen LogP contribution in [0.3, 0.4) is 0 Å². The minimum absolute atomic E-state index is 0.0289. The minimum atomic E-state index is -0.237. The van der Waals surface area contributed by atoms with E-state index in [1.165, 1.54) is 0 Å². The van der Waals surface area contributed by atoms with Gasteiger partial charge in [0.15, 0.2) is 0 Å². The molecule has 0 bridgehead atoms. The van der Waals surface area contributed by atoms with Gasteiger partial charge in [0.05, 0.1) is 18.3 Å². The van der Waals surface area contributed by atoms with Gasteiger partial charge in [-0.05, 0) is 13.8 Å². The molecule has 104 valence electrons. The molecule has 0 aliphatic carbocycles. The normalized spacial score (nSPS) is 28.5. The van der Waals surface area contributed by atoms with Crippen molar-refractivity contribution in [3.8, 4) is 0 Å². The first-order valence-corrected chi connectivity index (χ1v) is 6.54. The summed E-state index contributed by atoms with van der Waals surface area (Å²) in [5, 5.41) is 12.0. The number of hydrogen-bond acceptors (Lipinski definition) is 4. The van der Waals surface area contributed by atoms with Gasteiger partial charge in [-0.3, -0.25) is 4.90 Å².